The molecule has 0 aromatic carbocycles. The summed E-state index contributed by atoms with van der Waals surface area (Å²) in [5.74, 6) is 0.814. The number of aliphatic imine (C=N–C) groups is 1. The van der Waals surface area contributed by atoms with E-state index in [2.05, 4.69) is 45.4 Å². The molecule has 1 heterocycles. The van der Waals surface area contributed by atoms with Gasteiger partial charge in [-0.15, -0.1) is 11.3 Å². The highest BCUT2D eigenvalue weighted by Crippen LogP contribution is 2.07. The van der Waals surface area contributed by atoms with Gasteiger partial charge in [-0.3, -0.25) is 9.79 Å². The number of rotatable bonds is 8. The van der Waals surface area contributed by atoms with Gasteiger partial charge in [0.1, 0.15) is 0 Å². The van der Waals surface area contributed by atoms with Crippen molar-refractivity contribution >= 4 is 23.2 Å². The number of guanidine groups is 1. The Bertz CT molecular complexity index is 431. The van der Waals surface area contributed by atoms with Gasteiger partial charge in [0.05, 0.1) is 0 Å². The van der Waals surface area contributed by atoms with Crippen LogP contribution in [0.1, 0.15) is 31.6 Å². The van der Waals surface area contributed by atoms with E-state index in [1.165, 1.54) is 4.88 Å². The predicted molar refractivity (Wildman–Crippen MR) is 89.9 cm³/mol. The van der Waals surface area contributed by atoms with E-state index >= 15 is 0 Å². The molecule has 0 aliphatic heterocycles. The number of thiophene rings is 1. The van der Waals surface area contributed by atoms with Gasteiger partial charge in [0, 0.05) is 37.5 Å². The number of amides is 1. The van der Waals surface area contributed by atoms with E-state index in [0.29, 0.717) is 13.0 Å². The zero-order valence-electron chi connectivity index (χ0n) is 13.1. The summed E-state index contributed by atoms with van der Waals surface area (Å²) in [6.07, 6.45) is 2.38. The zero-order chi connectivity index (χ0) is 15.5. The van der Waals surface area contributed by atoms with Crippen molar-refractivity contribution in [2.45, 2.75) is 39.2 Å². The molecule has 5 nitrogen and oxygen atoms in total. The first-order valence-electron chi connectivity index (χ1n) is 7.42. The van der Waals surface area contributed by atoms with Gasteiger partial charge in [0.2, 0.25) is 5.91 Å². The molecule has 0 bridgehead atoms. The Morgan fingerprint density at radius 2 is 2.14 bits per heavy atom. The standard InChI is InChI=1S/C15H26N4OS/c1-4-12(2)19-14(20)8-10-18-15(16-3)17-9-7-13-6-5-11-21-13/h5-6,11-12H,4,7-10H2,1-3H3,(H,19,20)(H2,16,17,18). The third kappa shape index (κ3) is 7.70. The van der Waals surface area contributed by atoms with Crippen LogP contribution in [0, 0.1) is 0 Å². The number of nitrogens with one attached hydrogen (secondary N) is 3. The van der Waals surface area contributed by atoms with Crippen molar-refractivity contribution < 1.29 is 4.79 Å². The van der Waals surface area contributed by atoms with Gasteiger partial charge >= 0.3 is 0 Å². The summed E-state index contributed by atoms with van der Waals surface area (Å²) >= 11 is 1.76. The molecule has 1 aromatic heterocycles. The predicted octanol–water partition coefficient (Wildman–Crippen LogP) is 1.76. The van der Waals surface area contributed by atoms with Gasteiger partial charge in [-0.2, -0.15) is 0 Å². The molecule has 0 saturated carbocycles. The topological polar surface area (TPSA) is 65.5 Å². The molecule has 1 amide bonds. The first-order chi connectivity index (χ1) is 10.2. The van der Waals surface area contributed by atoms with E-state index < -0.39 is 0 Å². The third-order valence-electron chi connectivity index (χ3n) is 3.13. The van der Waals surface area contributed by atoms with Crippen molar-refractivity contribution in [1.29, 1.82) is 0 Å². The van der Waals surface area contributed by atoms with E-state index in [4.69, 9.17) is 0 Å². The second-order valence-electron chi connectivity index (χ2n) is 4.88. The highest BCUT2D eigenvalue weighted by molar-refractivity contribution is 7.09. The Morgan fingerprint density at radius 3 is 2.76 bits per heavy atom. The average Bonchev–Trinajstić information content (AvgIpc) is 2.98. The van der Waals surface area contributed by atoms with Gasteiger partial charge in [0.25, 0.3) is 0 Å². The Labute approximate surface area is 131 Å². The van der Waals surface area contributed by atoms with Crippen molar-refractivity contribution in [2.24, 2.45) is 4.99 Å². The highest BCUT2D eigenvalue weighted by atomic mass is 32.1. The summed E-state index contributed by atoms with van der Waals surface area (Å²) in [5.41, 5.74) is 0. The van der Waals surface area contributed by atoms with Crippen LogP contribution in [0.25, 0.3) is 0 Å². The van der Waals surface area contributed by atoms with E-state index in [9.17, 15) is 4.79 Å². The maximum atomic E-state index is 11.6. The van der Waals surface area contributed by atoms with Gasteiger partial charge < -0.3 is 16.0 Å². The number of hydrogen-bond donors (Lipinski definition) is 3. The number of carbonyl (C=O) groups is 1. The van der Waals surface area contributed by atoms with Crippen LogP contribution in [0.2, 0.25) is 0 Å². The summed E-state index contributed by atoms with van der Waals surface area (Å²) in [6.45, 7) is 5.49. The fourth-order valence-corrected chi connectivity index (χ4v) is 2.43. The van der Waals surface area contributed by atoms with Crippen LogP contribution in [0.15, 0.2) is 22.5 Å². The number of carbonyl (C=O) groups excluding carboxylic acids is 1. The molecule has 0 aliphatic rings. The molecule has 0 spiro atoms. The largest absolute Gasteiger partial charge is 0.356 e. The molecule has 0 fully saturated rings. The summed E-state index contributed by atoms with van der Waals surface area (Å²) < 4.78 is 0. The minimum Gasteiger partial charge on any atom is -0.356 e. The number of hydrogen-bond acceptors (Lipinski definition) is 3. The minimum absolute atomic E-state index is 0.0749. The molecule has 0 radical (unpaired) electrons. The number of nitrogens with zero attached hydrogens (tertiary/aromatic N) is 1. The molecule has 1 atom stereocenters. The quantitative estimate of drug-likeness (QED) is 0.506. The van der Waals surface area contributed by atoms with Crippen molar-refractivity contribution in [1.82, 2.24) is 16.0 Å². The molecule has 0 saturated heterocycles. The lowest BCUT2D eigenvalue weighted by Crippen LogP contribution is -2.40. The SMILES string of the molecule is CCC(C)NC(=O)CCNC(=NC)NCCc1cccs1. The van der Waals surface area contributed by atoms with Crippen LogP contribution in [0.5, 0.6) is 0 Å². The van der Waals surface area contributed by atoms with E-state index in [1.54, 1.807) is 18.4 Å². The lowest BCUT2D eigenvalue weighted by atomic mass is 10.2. The molecule has 3 N–H and O–H groups in total. The second-order valence-corrected chi connectivity index (χ2v) is 5.91. The lowest BCUT2D eigenvalue weighted by Gasteiger charge is -2.13. The Balaban J connectivity index is 2.15. The molecule has 0 aliphatic carbocycles. The monoisotopic (exact) mass is 310 g/mol. The molecule has 1 unspecified atom stereocenters. The van der Waals surface area contributed by atoms with E-state index in [1.807, 2.05) is 6.92 Å². The fourth-order valence-electron chi connectivity index (χ4n) is 1.72. The second kappa shape index (κ2) is 10.2. The third-order valence-corrected chi connectivity index (χ3v) is 4.07. The van der Waals surface area contributed by atoms with E-state index in [0.717, 1.165) is 25.3 Å². The lowest BCUT2D eigenvalue weighted by molar-refractivity contribution is -0.121. The smallest absolute Gasteiger partial charge is 0.221 e. The maximum Gasteiger partial charge on any atom is 0.221 e. The molecule has 1 rings (SSSR count). The average molecular weight is 310 g/mol. The molecule has 118 valence electrons. The first kappa shape index (κ1) is 17.5. The normalized spacial score (nSPS) is 12.8. The van der Waals surface area contributed by atoms with Crippen molar-refractivity contribution in [3.8, 4) is 0 Å². The van der Waals surface area contributed by atoms with Gasteiger partial charge in [-0.1, -0.05) is 13.0 Å². The highest BCUT2D eigenvalue weighted by Gasteiger charge is 2.05. The molecule has 6 heteroatoms. The molecular formula is C15H26N4OS. The van der Waals surface area contributed by atoms with Gasteiger partial charge in [0.15, 0.2) is 5.96 Å². The Morgan fingerprint density at radius 1 is 1.38 bits per heavy atom. The van der Waals surface area contributed by atoms with Crippen molar-refractivity contribution in [3.63, 3.8) is 0 Å². The Kier molecular flexibility index (Phi) is 8.50. The van der Waals surface area contributed by atoms with E-state index in [-0.39, 0.29) is 11.9 Å². The summed E-state index contributed by atoms with van der Waals surface area (Å²) in [7, 11) is 1.74. The fraction of sp³-hybridized carbons (Fsp3) is 0.600. The molecule has 1 aromatic rings. The van der Waals surface area contributed by atoms with Crippen molar-refractivity contribution in [3.05, 3.63) is 22.4 Å². The van der Waals surface area contributed by atoms with Crippen LogP contribution in [0.4, 0.5) is 0 Å². The van der Waals surface area contributed by atoms with Crippen LogP contribution < -0.4 is 16.0 Å². The van der Waals surface area contributed by atoms with Crippen LogP contribution in [0.3, 0.4) is 0 Å². The molecule has 21 heavy (non-hydrogen) atoms. The van der Waals surface area contributed by atoms with Crippen LogP contribution in [-0.4, -0.2) is 38.0 Å². The summed E-state index contributed by atoms with van der Waals surface area (Å²) in [6, 6.07) is 4.42. The van der Waals surface area contributed by atoms with Gasteiger partial charge in [-0.25, -0.2) is 0 Å². The summed E-state index contributed by atoms with van der Waals surface area (Å²) in [5, 5.41) is 11.4. The minimum atomic E-state index is 0.0749. The van der Waals surface area contributed by atoms with Crippen LogP contribution in [-0.2, 0) is 11.2 Å². The maximum absolute atomic E-state index is 11.6. The zero-order valence-corrected chi connectivity index (χ0v) is 13.9. The first-order valence-corrected chi connectivity index (χ1v) is 8.30. The van der Waals surface area contributed by atoms with Crippen LogP contribution >= 0.6 is 11.3 Å². The van der Waals surface area contributed by atoms with Gasteiger partial charge in [-0.05, 0) is 31.2 Å². The molecular weight excluding hydrogens is 284 g/mol. The van der Waals surface area contributed by atoms with Crippen molar-refractivity contribution in [2.75, 3.05) is 20.1 Å². The summed E-state index contributed by atoms with van der Waals surface area (Å²) in [4.78, 5) is 17.1. The Hall–Kier alpha value is -1.56.